The molecule has 0 bridgehead atoms. The van der Waals surface area contributed by atoms with Gasteiger partial charge in [-0.3, -0.25) is 4.99 Å². The quantitative estimate of drug-likeness (QED) is 0.280. The lowest BCUT2D eigenvalue weighted by Crippen LogP contribution is -2.04. The Kier molecular flexibility index (Phi) is 6.51. The molecule has 0 atom stereocenters. The van der Waals surface area contributed by atoms with E-state index >= 15 is 0 Å². The van der Waals surface area contributed by atoms with Gasteiger partial charge in [0.2, 0.25) is 0 Å². The van der Waals surface area contributed by atoms with Gasteiger partial charge >= 0.3 is 5.97 Å². The molecule has 0 aromatic heterocycles. The molecule has 0 N–H and O–H groups in total. The number of hydrogen-bond acceptors (Lipinski definition) is 3. The molecule has 0 fully saturated rings. The highest BCUT2D eigenvalue weighted by Crippen LogP contribution is 1.95. The summed E-state index contributed by atoms with van der Waals surface area (Å²) in [5, 5.41) is 0. The fraction of sp³-hybridized carbons (Fsp3) is 0.400. The van der Waals surface area contributed by atoms with Crippen LogP contribution in [0.1, 0.15) is 13.8 Å². The Balaban J connectivity index is 3.92. The largest absolute Gasteiger partial charge is 0.462 e. The molecule has 0 rings (SSSR count). The Labute approximate surface area is 78.8 Å². The van der Waals surface area contributed by atoms with E-state index in [4.69, 9.17) is 4.74 Å². The Bertz CT molecular complexity index is 229. The molecule has 0 radical (unpaired) electrons. The number of rotatable bonds is 5. The van der Waals surface area contributed by atoms with Gasteiger partial charge in [-0.25, -0.2) is 4.79 Å². The maximum Gasteiger partial charge on any atom is 0.337 e. The Morgan fingerprint density at radius 3 is 2.77 bits per heavy atom. The molecule has 13 heavy (non-hydrogen) atoms. The lowest BCUT2D eigenvalue weighted by molar-refractivity contribution is -0.138. The maximum absolute atomic E-state index is 11.0. The summed E-state index contributed by atoms with van der Waals surface area (Å²) < 4.78 is 4.73. The maximum atomic E-state index is 11.0. The summed E-state index contributed by atoms with van der Waals surface area (Å²) in [4.78, 5) is 14.9. The van der Waals surface area contributed by atoms with Crippen LogP contribution in [0.2, 0.25) is 0 Å². The molecule has 0 saturated carbocycles. The second kappa shape index (κ2) is 7.28. The van der Waals surface area contributed by atoms with E-state index in [1.54, 1.807) is 25.3 Å². The van der Waals surface area contributed by atoms with Crippen LogP contribution in [0.3, 0.4) is 0 Å². The molecule has 3 nitrogen and oxygen atoms in total. The highest BCUT2D eigenvalue weighted by atomic mass is 16.5. The minimum atomic E-state index is -0.386. The number of ether oxygens (including phenoxy) is 1. The van der Waals surface area contributed by atoms with Crippen LogP contribution >= 0.6 is 0 Å². The van der Waals surface area contributed by atoms with Crippen LogP contribution in [0.25, 0.3) is 0 Å². The van der Waals surface area contributed by atoms with Gasteiger partial charge in [-0.15, -0.1) is 0 Å². The number of hydrogen-bond donors (Lipinski definition) is 0. The van der Waals surface area contributed by atoms with E-state index in [0.717, 1.165) is 6.54 Å². The third-order valence-electron chi connectivity index (χ3n) is 1.21. The standard InChI is InChI=1S/C10H15NO2/c1-4-11-8-6-7-9(3)10(12)13-5-2/h6-8H,3-5H2,1-2H3/b7-6-,11-8?. The van der Waals surface area contributed by atoms with Crippen molar-refractivity contribution >= 4 is 12.2 Å². The predicted octanol–water partition coefficient (Wildman–Crippen LogP) is 1.75. The zero-order valence-corrected chi connectivity index (χ0v) is 8.12. The summed E-state index contributed by atoms with van der Waals surface area (Å²) in [6.45, 7) is 8.34. The van der Waals surface area contributed by atoms with E-state index in [2.05, 4.69) is 11.6 Å². The van der Waals surface area contributed by atoms with Crippen LogP contribution < -0.4 is 0 Å². The summed E-state index contributed by atoms with van der Waals surface area (Å²) >= 11 is 0. The fourth-order valence-electron chi connectivity index (χ4n) is 0.617. The van der Waals surface area contributed by atoms with Gasteiger partial charge in [0.15, 0.2) is 0 Å². The Morgan fingerprint density at radius 2 is 2.23 bits per heavy atom. The summed E-state index contributed by atoms with van der Waals surface area (Å²) in [6, 6.07) is 0. The Morgan fingerprint density at radius 1 is 1.54 bits per heavy atom. The molecule has 72 valence electrons. The van der Waals surface area contributed by atoms with Crippen molar-refractivity contribution in [2.45, 2.75) is 13.8 Å². The van der Waals surface area contributed by atoms with Gasteiger partial charge in [0.25, 0.3) is 0 Å². The first-order valence-corrected chi connectivity index (χ1v) is 4.24. The first-order valence-electron chi connectivity index (χ1n) is 4.24. The molecule has 0 spiro atoms. The van der Waals surface area contributed by atoms with E-state index in [-0.39, 0.29) is 5.97 Å². The van der Waals surface area contributed by atoms with E-state index < -0.39 is 0 Å². The fourth-order valence-corrected chi connectivity index (χ4v) is 0.617. The van der Waals surface area contributed by atoms with Gasteiger partial charge in [-0.05, 0) is 26.0 Å². The molecule has 3 heteroatoms. The highest BCUT2D eigenvalue weighted by molar-refractivity contribution is 5.92. The van der Waals surface area contributed by atoms with E-state index in [1.165, 1.54) is 0 Å². The van der Waals surface area contributed by atoms with Crippen molar-refractivity contribution < 1.29 is 9.53 Å². The minimum absolute atomic E-state index is 0.337. The molecule has 0 aliphatic rings. The molecule has 0 aromatic rings. The minimum Gasteiger partial charge on any atom is -0.462 e. The number of esters is 1. The molecule has 0 saturated heterocycles. The third-order valence-corrected chi connectivity index (χ3v) is 1.21. The molecular weight excluding hydrogens is 166 g/mol. The van der Waals surface area contributed by atoms with E-state index in [0.29, 0.717) is 12.2 Å². The highest BCUT2D eigenvalue weighted by Gasteiger charge is 2.01. The number of carbonyl (C=O) groups is 1. The van der Waals surface area contributed by atoms with Crippen LogP contribution in [-0.4, -0.2) is 25.3 Å². The summed E-state index contributed by atoms with van der Waals surface area (Å²) in [5.41, 5.74) is 0.337. The van der Waals surface area contributed by atoms with Crippen molar-refractivity contribution in [2.75, 3.05) is 13.2 Å². The van der Waals surface area contributed by atoms with Gasteiger partial charge in [0.1, 0.15) is 0 Å². The molecule has 0 aromatic carbocycles. The van der Waals surface area contributed by atoms with Crippen molar-refractivity contribution in [3.05, 3.63) is 24.3 Å². The smallest absolute Gasteiger partial charge is 0.337 e. The second-order valence-electron chi connectivity index (χ2n) is 2.25. The average molecular weight is 181 g/mol. The number of carbonyl (C=O) groups excluding carboxylic acids is 1. The van der Waals surface area contributed by atoms with Crippen LogP contribution in [0.4, 0.5) is 0 Å². The summed E-state index contributed by atoms with van der Waals surface area (Å²) in [5.74, 6) is -0.386. The predicted molar refractivity (Wildman–Crippen MR) is 53.9 cm³/mol. The number of aliphatic imine (C=N–C) groups is 1. The summed E-state index contributed by atoms with van der Waals surface area (Å²) in [6.07, 6.45) is 4.88. The first-order chi connectivity index (χ1) is 6.22. The van der Waals surface area contributed by atoms with E-state index in [9.17, 15) is 4.79 Å². The molecule has 0 heterocycles. The van der Waals surface area contributed by atoms with Crippen molar-refractivity contribution in [3.63, 3.8) is 0 Å². The monoisotopic (exact) mass is 181 g/mol. The molecule has 0 aliphatic heterocycles. The lowest BCUT2D eigenvalue weighted by atomic mass is 10.3. The topological polar surface area (TPSA) is 38.7 Å². The van der Waals surface area contributed by atoms with Gasteiger partial charge in [-0.1, -0.05) is 6.58 Å². The SMILES string of the molecule is C=C(/C=C\C=NCC)C(=O)OCC. The third kappa shape index (κ3) is 5.84. The number of allylic oxidation sites excluding steroid dienone is 1. The molecule has 0 amide bonds. The van der Waals surface area contributed by atoms with Crippen LogP contribution in [-0.2, 0) is 9.53 Å². The zero-order chi connectivity index (χ0) is 10.1. The summed E-state index contributed by atoms with van der Waals surface area (Å²) in [7, 11) is 0. The van der Waals surface area contributed by atoms with Crippen molar-refractivity contribution in [1.29, 1.82) is 0 Å². The zero-order valence-electron chi connectivity index (χ0n) is 8.12. The second-order valence-corrected chi connectivity index (χ2v) is 2.25. The van der Waals surface area contributed by atoms with Crippen molar-refractivity contribution in [1.82, 2.24) is 0 Å². The number of nitrogens with zero attached hydrogens (tertiary/aromatic N) is 1. The average Bonchev–Trinajstić information content (AvgIpc) is 2.12. The van der Waals surface area contributed by atoms with E-state index in [1.807, 2.05) is 6.92 Å². The van der Waals surface area contributed by atoms with Crippen molar-refractivity contribution in [2.24, 2.45) is 4.99 Å². The Hall–Kier alpha value is -1.38. The van der Waals surface area contributed by atoms with Crippen LogP contribution in [0.15, 0.2) is 29.3 Å². The van der Waals surface area contributed by atoms with Crippen molar-refractivity contribution in [3.8, 4) is 0 Å². The molecule has 0 unspecified atom stereocenters. The van der Waals surface area contributed by atoms with Gasteiger partial charge in [-0.2, -0.15) is 0 Å². The van der Waals surface area contributed by atoms with Gasteiger partial charge < -0.3 is 4.74 Å². The van der Waals surface area contributed by atoms with Crippen LogP contribution in [0, 0.1) is 0 Å². The van der Waals surface area contributed by atoms with Crippen LogP contribution in [0.5, 0.6) is 0 Å². The normalized spacial score (nSPS) is 10.9. The lowest BCUT2D eigenvalue weighted by Gasteiger charge is -1.98. The molecular formula is C10H15NO2. The first kappa shape index (κ1) is 11.6. The van der Waals surface area contributed by atoms with Gasteiger partial charge in [0.05, 0.1) is 12.2 Å². The molecule has 0 aliphatic carbocycles. The van der Waals surface area contributed by atoms with Gasteiger partial charge in [0, 0.05) is 12.8 Å².